The van der Waals surface area contributed by atoms with Gasteiger partial charge in [-0.1, -0.05) is 6.92 Å². The maximum absolute atomic E-state index is 13.3. The Balaban J connectivity index is 2.39. The van der Waals surface area contributed by atoms with Gasteiger partial charge >= 0.3 is 0 Å². The van der Waals surface area contributed by atoms with Gasteiger partial charge in [-0.15, -0.1) is 0 Å². The molecule has 5 heteroatoms. The van der Waals surface area contributed by atoms with Crippen molar-refractivity contribution >= 4 is 0 Å². The molecule has 0 N–H and O–H groups in total. The average molecular weight is 234 g/mol. The monoisotopic (exact) mass is 234 g/mol. The van der Waals surface area contributed by atoms with Gasteiger partial charge in [-0.25, -0.2) is 17.6 Å². The third-order valence-corrected chi connectivity index (χ3v) is 2.71. The predicted octanol–water partition coefficient (Wildman–Crippen LogP) is 2.82. The molecule has 16 heavy (non-hydrogen) atoms. The van der Waals surface area contributed by atoms with E-state index in [9.17, 15) is 17.6 Å². The molecule has 1 saturated heterocycles. The topological polar surface area (TPSA) is 9.23 Å². The first-order chi connectivity index (χ1) is 7.43. The Bertz CT molecular complexity index is 400. The molecule has 0 saturated carbocycles. The fraction of sp³-hybridized carbons (Fsp3) is 0.455. The Morgan fingerprint density at radius 3 is 2.00 bits per heavy atom. The van der Waals surface area contributed by atoms with E-state index in [1.165, 1.54) is 0 Å². The average Bonchev–Trinajstić information content (AvgIpc) is 2.19. The van der Waals surface area contributed by atoms with E-state index in [-0.39, 0.29) is 12.5 Å². The summed E-state index contributed by atoms with van der Waals surface area (Å²) in [4.78, 5) is 0. The zero-order valence-corrected chi connectivity index (χ0v) is 8.62. The number of hydrogen-bond donors (Lipinski definition) is 0. The third kappa shape index (κ3) is 1.80. The highest BCUT2D eigenvalue weighted by molar-refractivity contribution is 5.24. The van der Waals surface area contributed by atoms with Crippen molar-refractivity contribution < 1.29 is 22.3 Å². The molecule has 0 spiro atoms. The molecule has 88 valence electrons. The minimum Gasteiger partial charge on any atom is -0.380 e. The molecule has 1 heterocycles. The Kier molecular flexibility index (Phi) is 2.66. The molecule has 0 amide bonds. The van der Waals surface area contributed by atoms with Crippen LogP contribution in [-0.2, 0) is 11.2 Å². The van der Waals surface area contributed by atoms with Gasteiger partial charge in [0.15, 0.2) is 23.3 Å². The molecule has 2 rings (SSSR count). The zero-order chi connectivity index (χ0) is 11.9. The van der Waals surface area contributed by atoms with Gasteiger partial charge in [0.1, 0.15) is 0 Å². The number of benzene rings is 1. The van der Waals surface area contributed by atoms with Crippen LogP contribution in [0.1, 0.15) is 12.5 Å². The van der Waals surface area contributed by atoms with Gasteiger partial charge in [-0.3, -0.25) is 0 Å². The molecule has 0 radical (unpaired) electrons. The molecule has 1 aromatic rings. The minimum absolute atomic E-state index is 0.0701. The largest absolute Gasteiger partial charge is 0.380 e. The van der Waals surface area contributed by atoms with E-state index in [1.54, 1.807) is 6.92 Å². The van der Waals surface area contributed by atoms with E-state index < -0.39 is 34.2 Å². The summed E-state index contributed by atoms with van der Waals surface area (Å²) in [6, 6.07) is 0.216. The Morgan fingerprint density at radius 2 is 1.62 bits per heavy atom. The lowest BCUT2D eigenvalue weighted by Gasteiger charge is -2.38. The second kappa shape index (κ2) is 3.73. The van der Waals surface area contributed by atoms with Crippen LogP contribution in [-0.4, -0.2) is 13.2 Å². The summed E-state index contributed by atoms with van der Waals surface area (Å²) >= 11 is 0. The Hall–Kier alpha value is -1.10. The summed E-state index contributed by atoms with van der Waals surface area (Å²) in [5.74, 6) is -5.35. The molecule has 1 aliphatic rings. The van der Waals surface area contributed by atoms with Crippen molar-refractivity contribution in [3.05, 3.63) is 34.9 Å². The first kappa shape index (κ1) is 11.4. The molecule has 0 bridgehead atoms. The molecule has 1 nitrogen and oxygen atoms in total. The number of halogens is 4. The van der Waals surface area contributed by atoms with E-state index in [0.29, 0.717) is 13.2 Å². The van der Waals surface area contributed by atoms with Gasteiger partial charge in [0.25, 0.3) is 0 Å². The van der Waals surface area contributed by atoms with Crippen molar-refractivity contribution in [1.29, 1.82) is 0 Å². The van der Waals surface area contributed by atoms with Crippen LogP contribution in [0.4, 0.5) is 17.6 Å². The van der Waals surface area contributed by atoms with Crippen molar-refractivity contribution in [1.82, 2.24) is 0 Å². The van der Waals surface area contributed by atoms with Gasteiger partial charge < -0.3 is 4.74 Å². The molecule has 0 aliphatic carbocycles. The summed E-state index contributed by atoms with van der Waals surface area (Å²) in [5.41, 5.74) is -0.981. The van der Waals surface area contributed by atoms with Gasteiger partial charge in [-0.05, 0) is 6.42 Å². The van der Waals surface area contributed by atoms with Gasteiger partial charge in [0.05, 0.1) is 13.2 Å². The van der Waals surface area contributed by atoms with Crippen LogP contribution in [0.25, 0.3) is 0 Å². The third-order valence-electron chi connectivity index (χ3n) is 2.71. The van der Waals surface area contributed by atoms with E-state index >= 15 is 0 Å². The van der Waals surface area contributed by atoms with Gasteiger partial charge in [0.2, 0.25) is 0 Å². The van der Waals surface area contributed by atoms with Crippen molar-refractivity contribution in [3.63, 3.8) is 0 Å². The van der Waals surface area contributed by atoms with Crippen LogP contribution in [0.5, 0.6) is 0 Å². The minimum atomic E-state index is -1.36. The fourth-order valence-electron chi connectivity index (χ4n) is 1.76. The van der Waals surface area contributed by atoms with Crippen LogP contribution in [0.2, 0.25) is 0 Å². The first-order valence-electron chi connectivity index (χ1n) is 4.82. The smallest absolute Gasteiger partial charge is 0.165 e. The molecule has 0 aromatic heterocycles. The van der Waals surface area contributed by atoms with Crippen LogP contribution >= 0.6 is 0 Å². The molecule has 0 unspecified atom stereocenters. The number of ether oxygens (including phenoxy) is 1. The SMILES string of the molecule is CC1(Cc2c(F)c(F)cc(F)c2F)COC1. The lowest BCUT2D eigenvalue weighted by Crippen LogP contribution is -2.42. The zero-order valence-electron chi connectivity index (χ0n) is 8.62. The van der Waals surface area contributed by atoms with E-state index in [2.05, 4.69) is 0 Å². The van der Waals surface area contributed by atoms with Crippen molar-refractivity contribution in [2.75, 3.05) is 13.2 Å². The standard InChI is InChI=1S/C11H10F4O/c1-11(4-16-5-11)3-6-9(14)7(12)2-8(13)10(6)15/h2H,3-5H2,1H3. The van der Waals surface area contributed by atoms with Crippen molar-refractivity contribution in [2.24, 2.45) is 5.41 Å². The maximum Gasteiger partial charge on any atom is 0.165 e. The highest BCUT2D eigenvalue weighted by Gasteiger charge is 2.36. The van der Waals surface area contributed by atoms with Crippen LogP contribution in [0.15, 0.2) is 6.07 Å². The second-order valence-electron chi connectivity index (χ2n) is 4.43. The summed E-state index contributed by atoms with van der Waals surface area (Å²) in [5, 5.41) is 0. The van der Waals surface area contributed by atoms with E-state index in [1.807, 2.05) is 0 Å². The molecule has 1 aromatic carbocycles. The lowest BCUT2D eigenvalue weighted by molar-refractivity contribution is -0.101. The normalized spacial score (nSPS) is 18.3. The molecule has 1 aliphatic heterocycles. The molecular formula is C11H10F4O. The second-order valence-corrected chi connectivity index (χ2v) is 4.43. The lowest BCUT2D eigenvalue weighted by atomic mass is 9.81. The summed E-state index contributed by atoms with van der Waals surface area (Å²) in [7, 11) is 0. The molecule has 1 fully saturated rings. The Labute approximate surface area is 90.0 Å². The van der Waals surface area contributed by atoms with Crippen LogP contribution in [0, 0.1) is 28.7 Å². The van der Waals surface area contributed by atoms with Gasteiger partial charge in [0, 0.05) is 17.0 Å². The highest BCUT2D eigenvalue weighted by atomic mass is 19.2. The number of hydrogen-bond acceptors (Lipinski definition) is 1. The quantitative estimate of drug-likeness (QED) is 0.564. The fourth-order valence-corrected chi connectivity index (χ4v) is 1.76. The summed E-state index contributed by atoms with van der Waals surface area (Å²) < 4.78 is 57.3. The van der Waals surface area contributed by atoms with E-state index in [0.717, 1.165) is 0 Å². The summed E-state index contributed by atoms with van der Waals surface area (Å²) in [6.07, 6.45) is -0.0701. The highest BCUT2D eigenvalue weighted by Crippen LogP contribution is 2.33. The summed E-state index contributed by atoms with van der Waals surface area (Å²) in [6.45, 7) is 2.42. The van der Waals surface area contributed by atoms with Crippen LogP contribution in [0.3, 0.4) is 0 Å². The van der Waals surface area contributed by atoms with Crippen LogP contribution < -0.4 is 0 Å². The maximum atomic E-state index is 13.3. The van der Waals surface area contributed by atoms with Gasteiger partial charge in [-0.2, -0.15) is 0 Å². The van der Waals surface area contributed by atoms with E-state index in [4.69, 9.17) is 4.74 Å². The number of rotatable bonds is 2. The van der Waals surface area contributed by atoms with Crippen molar-refractivity contribution in [2.45, 2.75) is 13.3 Å². The Morgan fingerprint density at radius 1 is 1.12 bits per heavy atom. The first-order valence-corrected chi connectivity index (χ1v) is 4.82. The van der Waals surface area contributed by atoms with Crippen molar-refractivity contribution in [3.8, 4) is 0 Å². The molecule has 0 atom stereocenters. The predicted molar refractivity (Wildman–Crippen MR) is 48.9 cm³/mol. The molecular weight excluding hydrogens is 224 g/mol.